The van der Waals surface area contributed by atoms with Gasteiger partial charge >= 0.3 is 6.09 Å². The minimum atomic E-state index is -0.288. The molecule has 1 aliphatic carbocycles. The molecule has 94 valence electrons. The van der Waals surface area contributed by atoms with Crippen LogP contribution >= 0.6 is 22.6 Å². The molecule has 0 saturated heterocycles. The molecule has 1 N–H and O–H groups in total. The number of carbonyl (C=O) groups is 1. The number of hydrogen-bond acceptors (Lipinski definition) is 2. The Morgan fingerprint density at radius 3 is 2.31 bits per heavy atom. The van der Waals surface area contributed by atoms with Gasteiger partial charge in [-0.3, -0.25) is 0 Å². The molecule has 2 atom stereocenters. The first-order valence-electron chi connectivity index (χ1n) is 6.22. The SMILES string of the molecule is COC(=O)N[C@H]1CCCCCCCC[C@@H]1I. The fraction of sp³-hybridized carbons (Fsp3) is 0.917. The summed E-state index contributed by atoms with van der Waals surface area (Å²) in [6.07, 6.45) is 9.85. The van der Waals surface area contributed by atoms with E-state index in [9.17, 15) is 4.79 Å². The van der Waals surface area contributed by atoms with Crippen LogP contribution < -0.4 is 5.32 Å². The largest absolute Gasteiger partial charge is 0.453 e. The van der Waals surface area contributed by atoms with Gasteiger partial charge in [-0.25, -0.2) is 4.79 Å². The van der Waals surface area contributed by atoms with Crippen molar-refractivity contribution in [2.45, 2.75) is 61.3 Å². The Morgan fingerprint density at radius 1 is 1.12 bits per heavy atom. The van der Waals surface area contributed by atoms with E-state index in [1.165, 1.54) is 52.1 Å². The van der Waals surface area contributed by atoms with Crippen molar-refractivity contribution in [3.8, 4) is 0 Å². The lowest BCUT2D eigenvalue weighted by atomic mass is 9.97. The van der Waals surface area contributed by atoms with Crippen LogP contribution in [0.15, 0.2) is 0 Å². The molecule has 0 aromatic rings. The maximum absolute atomic E-state index is 11.2. The molecule has 1 rings (SSSR count). The predicted octanol–water partition coefficient (Wildman–Crippen LogP) is 3.65. The van der Waals surface area contributed by atoms with E-state index >= 15 is 0 Å². The highest BCUT2D eigenvalue weighted by Crippen LogP contribution is 2.22. The highest BCUT2D eigenvalue weighted by atomic mass is 127. The molecule has 0 unspecified atom stereocenters. The summed E-state index contributed by atoms with van der Waals surface area (Å²) in [6.45, 7) is 0. The van der Waals surface area contributed by atoms with Gasteiger partial charge in [-0.1, -0.05) is 61.1 Å². The number of carbonyl (C=O) groups excluding carboxylic acids is 1. The number of alkyl halides is 1. The second-order valence-electron chi connectivity index (χ2n) is 4.46. The van der Waals surface area contributed by atoms with E-state index < -0.39 is 0 Å². The number of methoxy groups -OCH3 is 1. The molecule has 1 amide bonds. The fourth-order valence-electron chi connectivity index (χ4n) is 2.17. The van der Waals surface area contributed by atoms with Crippen LogP contribution in [-0.4, -0.2) is 23.2 Å². The number of alkyl carbamates (subject to hydrolysis) is 1. The van der Waals surface area contributed by atoms with Crippen molar-refractivity contribution in [2.75, 3.05) is 7.11 Å². The lowest BCUT2D eigenvalue weighted by Crippen LogP contribution is -2.40. The minimum Gasteiger partial charge on any atom is -0.453 e. The molecule has 0 aromatic heterocycles. The number of ether oxygens (including phenoxy) is 1. The van der Waals surface area contributed by atoms with E-state index in [4.69, 9.17) is 0 Å². The molecular weight excluding hydrogens is 317 g/mol. The van der Waals surface area contributed by atoms with Crippen molar-refractivity contribution in [1.82, 2.24) is 5.32 Å². The average Bonchev–Trinajstić information content (AvgIpc) is 2.30. The molecule has 0 spiro atoms. The fourth-order valence-corrected chi connectivity index (χ4v) is 3.15. The van der Waals surface area contributed by atoms with Crippen molar-refractivity contribution < 1.29 is 9.53 Å². The van der Waals surface area contributed by atoms with Gasteiger partial charge < -0.3 is 10.1 Å². The first kappa shape index (κ1) is 14.1. The summed E-state index contributed by atoms with van der Waals surface area (Å²) in [7, 11) is 1.43. The van der Waals surface area contributed by atoms with Gasteiger partial charge in [-0.2, -0.15) is 0 Å². The molecule has 0 aromatic carbocycles. The first-order valence-corrected chi connectivity index (χ1v) is 7.47. The van der Waals surface area contributed by atoms with Gasteiger partial charge in [0.1, 0.15) is 0 Å². The second-order valence-corrected chi connectivity index (χ2v) is 6.06. The summed E-state index contributed by atoms with van der Waals surface area (Å²) in [5, 5.41) is 2.97. The third kappa shape index (κ3) is 5.37. The Bertz CT molecular complexity index is 211. The quantitative estimate of drug-likeness (QED) is 0.585. The van der Waals surface area contributed by atoms with E-state index in [0.29, 0.717) is 3.92 Å². The zero-order valence-electron chi connectivity index (χ0n) is 10.0. The number of halogens is 1. The van der Waals surface area contributed by atoms with Crippen molar-refractivity contribution in [2.24, 2.45) is 0 Å². The van der Waals surface area contributed by atoms with Crippen LogP contribution in [0.25, 0.3) is 0 Å². The van der Waals surface area contributed by atoms with Crippen LogP contribution in [0.3, 0.4) is 0 Å². The molecule has 1 fully saturated rings. The van der Waals surface area contributed by atoms with Crippen molar-refractivity contribution in [3.05, 3.63) is 0 Å². The van der Waals surface area contributed by atoms with E-state index in [1.54, 1.807) is 0 Å². The van der Waals surface area contributed by atoms with Crippen LogP contribution in [-0.2, 0) is 4.74 Å². The van der Waals surface area contributed by atoms with E-state index in [1.807, 2.05) is 0 Å². The molecule has 1 aliphatic rings. The summed E-state index contributed by atoms with van der Waals surface area (Å²) in [6, 6.07) is 0.283. The van der Waals surface area contributed by atoms with Gasteiger partial charge in [-0.05, 0) is 12.8 Å². The number of hydrogen-bond donors (Lipinski definition) is 1. The van der Waals surface area contributed by atoms with Gasteiger partial charge in [0.05, 0.1) is 7.11 Å². The number of nitrogens with one attached hydrogen (secondary N) is 1. The normalized spacial score (nSPS) is 28.1. The summed E-state index contributed by atoms with van der Waals surface area (Å²) in [4.78, 5) is 11.2. The summed E-state index contributed by atoms with van der Waals surface area (Å²) in [5.74, 6) is 0. The van der Waals surface area contributed by atoms with Crippen molar-refractivity contribution in [3.63, 3.8) is 0 Å². The Morgan fingerprint density at radius 2 is 1.69 bits per heavy atom. The Kier molecular flexibility index (Phi) is 7.16. The maximum Gasteiger partial charge on any atom is 0.407 e. The zero-order valence-corrected chi connectivity index (χ0v) is 12.2. The van der Waals surface area contributed by atoms with E-state index in [2.05, 4.69) is 32.6 Å². The third-order valence-corrected chi connectivity index (χ3v) is 4.66. The second kappa shape index (κ2) is 8.14. The molecule has 4 heteroatoms. The number of rotatable bonds is 1. The molecule has 0 heterocycles. The molecule has 0 aliphatic heterocycles. The Hall–Kier alpha value is 0. The Balaban J connectivity index is 2.43. The van der Waals surface area contributed by atoms with Gasteiger partial charge in [0.2, 0.25) is 0 Å². The summed E-state index contributed by atoms with van der Waals surface area (Å²) < 4.78 is 5.21. The monoisotopic (exact) mass is 339 g/mol. The lowest BCUT2D eigenvalue weighted by Gasteiger charge is -2.24. The van der Waals surface area contributed by atoms with Crippen LogP contribution in [0.5, 0.6) is 0 Å². The molecular formula is C12H22INO2. The summed E-state index contributed by atoms with van der Waals surface area (Å²) >= 11 is 2.47. The standard InChI is InChI=1S/C12H22INO2/c1-16-12(15)14-11-9-7-5-3-2-4-6-8-10(11)13/h10-11H,2-9H2,1H3,(H,14,15)/t10-,11-/m0/s1. The highest BCUT2D eigenvalue weighted by Gasteiger charge is 2.21. The van der Waals surface area contributed by atoms with Gasteiger partial charge in [-0.15, -0.1) is 0 Å². The molecule has 3 nitrogen and oxygen atoms in total. The van der Waals surface area contributed by atoms with E-state index in [0.717, 1.165) is 6.42 Å². The topological polar surface area (TPSA) is 38.3 Å². The zero-order chi connectivity index (χ0) is 11.8. The van der Waals surface area contributed by atoms with E-state index in [-0.39, 0.29) is 12.1 Å². The van der Waals surface area contributed by atoms with Crippen molar-refractivity contribution >= 4 is 28.7 Å². The molecule has 0 bridgehead atoms. The van der Waals surface area contributed by atoms with Crippen LogP contribution in [0, 0.1) is 0 Å². The predicted molar refractivity (Wildman–Crippen MR) is 74.1 cm³/mol. The maximum atomic E-state index is 11.2. The third-order valence-electron chi connectivity index (χ3n) is 3.17. The van der Waals surface area contributed by atoms with Gasteiger partial charge in [0.15, 0.2) is 0 Å². The van der Waals surface area contributed by atoms with Gasteiger partial charge in [0.25, 0.3) is 0 Å². The Labute approximate surface area is 112 Å². The highest BCUT2D eigenvalue weighted by molar-refractivity contribution is 14.1. The first-order chi connectivity index (χ1) is 7.74. The average molecular weight is 339 g/mol. The molecule has 0 radical (unpaired) electrons. The van der Waals surface area contributed by atoms with Gasteiger partial charge in [0, 0.05) is 9.97 Å². The summed E-state index contributed by atoms with van der Waals surface area (Å²) in [5.41, 5.74) is 0. The molecule has 16 heavy (non-hydrogen) atoms. The number of amides is 1. The van der Waals surface area contributed by atoms with Crippen LogP contribution in [0.2, 0.25) is 0 Å². The van der Waals surface area contributed by atoms with Crippen LogP contribution in [0.1, 0.15) is 51.4 Å². The smallest absolute Gasteiger partial charge is 0.407 e. The lowest BCUT2D eigenvalue weighted by molar-refractivity contribution is 0.165. The van der Waals surface area contributed by atoms with Crippen LogP contribution in [0.4, 0.5) is 4.79 Å². The molecule has 1 saturated carbocycles. The minimum absolute atomic E-state index is 0.283. The van der Waals surface area contributed by atoms with Crippen molar-refractivity contribution in [1.29, 1.82) is 0 Å².